The molecule has 8 heteroatoms. The van der Waals surface area contributed by atoms with Gasteiger partial charge in [-0.15, -0.1) is 0 Å². The molecule has 0 saturated carbocycles. The molecule has 2 heterocycles. The molecule has 2 aromatic rings. The first-order chi connectivity index (χ1) is 12.4. The van der Waals surface area contributed by atoms with Crippen molar-refractivity contribution in [1.82, 2.24) is 4.98 Å². The summed E-state index contributed by atoms with van der Waals surface area (Å²) >= 11 is 0. The Morgan fingerprint density at radius 3 is 2.58 bits per heavy atom. The molecule has 0 aliphatic carbocycles. The van der Waals surface area contributed by atoms with Crippen molar-refractivity contribution < 1.29 is 18.7 Å². The van der Waals surface area contributed by atoms with Gasteiger partial charge in [0.1, 0.15) is 5.75 Å². The SMILES string of the molecule is CC1=NN(c2ccc(OC(C)F)c(-c3ccncc3)c2)C(=O)C1C(N)=O. The molecule has 2 unspecified atom stereocenters. The first-order valence-corrected chi connectivity index (χ1v) is 7.92. The number of benzene rings is 1. The Morgan fingerprint density at radius 2 is 2.00 bits per heavy atom. The molecule has 2 amide bonds. The minimum Gasteiger partial charge on any atom is -0.460 e. The zero-order valence-corrected chi connectivity index (χ0v) is 14.2. The van der Waals surface area contributed by atoms with Crippen LogP contribution in [0.1, 0.15) is 13.8 Å². The summed E-state index contributed by atoms with van der Waals surface area (Å²) in [5.41, 5.74) is 7.33. The molecular weight excluding hydrogens is 339 g/mol. The van der Waals surface area contributed by atoms with Crippen LogP contribution in [0.5, 0.6) is 5.75 Å². The van der Waals surface area contributed by atoms with Crippen molar-refractivity contribution in [2.45, 2.75) is 20.2 Å². The number of hydrogen-bond acceptors (Lipinski definition) is 5. The molecule has 1 aliphatic rings. The lowest BCUT2D eigenvalue weighted by atomic mass is 10.0. The number of nitrogens with two attached hydrogens (primary N) is 1. The average Bonchev–Trinajstić information content (AvgIpc) is 2.90. The second kappa shape index (κ2) is 6.91. The quantitative estimate of drug-likeness (QED) is 0.831. The third-order valence-electron chi connectivity index (χ3n) is 3.90. The van der Waals surface area contributed by atoms with Crippen LogP contribution in [-0.2, 0) is 9.59 Å². The summed E-state index contributed by atoms with van der Waals surface area (Å²) in [5, 5.41) is 5.26. The number of rotatable bonds is 5. The van der Waals surface area contributed by atoms with Crippen LogP contribution in [0.25, 0.3) is 11.1 Å². The molecule has 0 bridgehead atoms. The largest absolute Gasteiger partial charge is 0.460 e. The van der Waals surface area contributed by atoms with Crippen molar-refractivity contribution in [2.75, 3.05) is 5.01 Å². The van der Waals surface area contributed by atoms with E-state index in [1.807, 2.05) is 0 Å². The molecule has 134 valence electrons. The highest BCUT2D eigenvalue weighted by atomic mass is 19.1. The van der Waals surface area contributed by atoms with E-state index in [9.17, 15) is 14.0 Å². The zero-order chi connectivity index (χ0) is 18.8. The number of hydrogen-bond donors (Lipinski definition) is 1. The van der Waals surface area contributed by atoms with Crippen molar-refractivity contribution in [2.24, 2.45) is 16.8 Å². The summed E-state index contributed by atoms with van der Waals surface area (Å²) in [4.78, 5) is 27.9. The molecule has 1 aromatic heterocycles. The molecule has 7 nitrogen and oxygen atoms in total. The van der Waals surface area contributed by atoms with E-state index in [1.54, 1.807) is 49.6 Å². The standard InChI is InChI=1S/C18H17FN4O3/c1-10-16(17(20)24)18(25)23(22-10)13-3-4-15(26-11(2)19)14(9-13)12-5-7-21-8-6-12/h3-9,11,16H,1-2H3,(H2,20,24). The zero-order valence-electron chi connectivity index (χ0n) is 14.2. The van der Waals surface area contributed by atoms with Gasteiger partial charge in [-0.05, 0) is 42.8 Å². The highest BCUT2D eigenvalue weighted by Crippen LogP contribution is 2.36. The van der Waals surface area contributed by atoms with Gasteiger partial charge in [-0.2, -0.15) is 10.1 Å². The normalized spacial score (nSPS) is 17.8. The topological polar surface area (TPSA) is 97.9 Å². The minimum absolute atomic E-state index is 0.314. The fourth-order valence-electron chi connectivity index (χ4n) is 2.76. The number of aromatic nitrogens is 1. The number of alkyl halides is 1. The molecule has 2 atom stereocenters. The summed E-state index contributed by atoms with van der Waals surface area (Å²) in [6.45, 7) is 2.85. The van der Waals surface area contributed by atoms with E-state index in [-0.39, 0.29) is 0 Å². The van der Waals surface area contributed by atoms with E-state index in [0.717, 1.165) is 10.6 Å². The van der Waals surface area contributed by atoms with Gasteiger partial charge in [0.25, 0.3) is 5.91 Å². The number of primary amides is 1. The van der Waals surface area contributed by atoms with Crippen LogP contribution >= 0.6 is 0 Å². The summed E-state index contributed by atoms with van der Waals surface area (Å²) in [6, 6.07) is 8.24. The molecule has 2 N–H and O–H groups in total. The number of nitrogens with zero attached hydrogens (tertiary/aromatic N) is 3. The maximum atomic E-state index is 13.4. The Kier molecular flexibility index (Phi) is 4.66. The molecule has 0 fully saturated rings. The summed E-state index contributed by atoms with van der Waals surface area (Å²) in [6.07, 6.45) is 1.68. The molecular formula is C18H17FN4O3. The summed E-state index contributed by atoms with van der Waals surface area (Å²) in [5.74, 6) is -2.04. The summed E-state index contributed by atoms with van der Waals surface area (Å²) < 4.78 is 18.6. The Hall–Kier alpha value is -3.29. The van der Waals surface area contributed by atoms with E-state index in [4.69, 9.17) is 10.5 Å². The van der Waals surface area contributed by atoms with Gasteiger partial charge in [0.05, 0.1) is 11.4 Å². The van der Waals surface area contributed by atoms with Crippen LogP contribution in [0.15, 0.2) is 47.8 Å². The number of hydrazone groups is 1. The first-order valence-electron chi connectivity index (χ1n) is 7.92. The molecule has 1 aromatic carbocycles. The number of ether oxygens (including phenoxy) is 1. The number of carbonyl (C=O) groups is 2. The number of carbonyl (C=O) groups excluding carboxylic acids is 2. The first kappa shape index (κ1) is 17.5. The van der Waals surface area contributed by atoms with Gasteiger partial charge in [0.15, 0.2) is 5.92 Å². The Bertz CT molecular complexity index is 883. The number of amides is 2. The monoisotopic (exact) mass is 356 g/mol. The lowest BCUT2D eigenvalue weighted by Gasteiger charge is -2.18. The third kappa shape index (κ3) is 3.26. The fraction of sp³-hybridized carbons (Fsp3) is 0.222. The van der Waals surface area contributed by atoms with E-state index in [0.29, 0.717) is 22.7 Å². The van der Waals surface area contributed by atoms with Crippen LogP contribution in [0.2, 0.25) is 0 Å². The van der Waals surface area contributed by atoms with E-state index in [1.165, 1.54) is 6.92 Å². The van der Waals surface area contributed by atoms with Gasteiger partial charge in [0, 0.05) is 24.9 Å². The van der Waals surface area contributed by atoms with Gasteiger partial charge < -0.3 is 10.5 Å². The van der Waals surface area contributed by atoms with Gasteiger partial charge in [-0.25, -0.2) is 4.39 Å². The van der Waals surface area contributed by atoms with Gasteiger partial charge >= 0.3 is 0 Å². The van der Waals surface area contributed by atoms with Crippen molar-refractivity contribution in [3.8, 4) is 16.9 Å². The van der Waals surface area contributed by atoms with Crippen molar-refractivity contribution in [1.29, 1.82) is 0 Å². The molecule has 0 saturated heterocycles. The lowest BCUT2D eigenvalue weighted by Crippen LogP contribution is -2.36. The number of pyridine rings is 1. The van der Waals surface area contributed by atoms with Gasteiger partial charge in [-0.3, -0.25) is 14.6 Å². The molecule has 3 rings (SSSR count). The van der Waals surface area contributed by atoms with Gasteiger partial charge in [0.2, 0.25) is 12.3 Å². The van der Waals surface area contributed by atoms with Crippen molar-refractivity contribution in [3.05, 3.63) is 42.7 Å². The maximum absolute atomic E-state index is 13.4. The van der Waals surface area contributed by atoms with Crippen LogP contribution < -0.4 is 15.5 Å². The molecule has 0 radical (unpaired) electrons. The van der Waals surface area contributed by atoms with Crippen LogP contribution in [0.4, 0.5) is 10.1 Å². The Labute approximate surface area is 149 Å². The average molecular weight is 356 g/mol. The fourth-order valence-corrected chi connectivity index (χ4v) is 2.76. The van der Waals surface area contributed by atoms with Crippen LogP contribution in [0.3, 0.4) is 0 Å². The predicted octanol–water partition coefficient (Wildman–Crippen LogP) is 2.27. The van der Waals surface area contributed by atoms with Crippen LogP contribution in [-0.4, -0.2) is 28.9 Å². The van der Waals surface area contributed by atoms with E-state index in [2.05, 4.69) is 10.1 Å². The Balaban J connectivity index is 2.05. The van der Waals surface area contributed by atoms with E-state index < -0.39 is 24.1 Å². The highest BCUT2D eigenvalue weighted by Gasteiger charge is 2.38. The van der Waals surface area contributed by atoms with Gasteiger partial charge in [-0.1, -0.05) is 0 Å². The second-order valence-corrected chi connectivity index (χ2v) is 5.80. The summed E-state index contributed by atoms with van der Waals surface area (Å²) in [7, 11) is 0. The second-order valence-electron chi connectivity index (χ2n) is 5.80. The number of halogens is 1. The third-order valence-corrected chi connectivity index (χ3v) is 3.90. The predicted molar refractivity (Wildman–Crippen MR) is 94.2 cm³/mol. The number of anilines is 1. The molecule has 0 spiro atoms. The molecule has 1 aliphatic heterocycles. The van der Waals surface area contributed by atoms with Crippen molar-refractivity contribution >= 4 is 23.2 Å². The maximum Gasteiger partial charge on any atom is 0.265 e. The van der Waals surface area contributed by atoms with E-state index >= 15 is 0 Å². The molecule has 26 heavy (non-hydrogen) atoms. The van der Waals surface area contributed by atoms with Crippen LogP contribution in [0, 0.1) is 5.92 Å². The minimum atomic E-state index is -1.51. The highest BCUT2D eigenvalue weighted by molar-refractivity contribution is 6.26. The van der Waals surface area contributed by atoms with Crippen molar-refractivity contribution in [3.63, 3.8) is 0 Å². The Morgan fingerprint density at radius 1 is 1.31 bits per heavy atom. The smallest absolute Gasteiger partial charge is 0.265 e. The lowest BCUT2D eigenvalue weighted by molar-refractivity contribution is -0.128.